The minimum atomic E-state index is 0.322. The number of aromatic nitrogens is 2. The molecule has 0 amide bonds. The van der Waals surface area contributed by atoms with Crippen molar-refractivity contribution in [3.8, 4) is 0 Å². The van der Waals surface area contributed by atoms with Crippen LogP contribution in [0.1, 0.15) is 31.4 Å². The molecule has 1 aromatic rings. The standard InChI is InChI=1S/C11H17N3/c1-3-5-11(12-7-4-2)10-6-8-13-14-9-10/h3,6,8-9,11-12H,1,4-5,7H2,2H3. The van der Waals surface area contributed by atoms with Crippen molar-refractivity contribution in [2.24, 2.45) is 0 Å². The third kappa shape index (κ3) is 3.26. The molecule has 3 heteroatoms. The Morgan fingerprint density at radius 1 is 1.57 bits per heavy atom. The second-order valence-corrected chi connectivity index (χ2v) is 3.21. The summed E-state index contributed by atoms with van der Waals surface area (Å²) in [6, 6.07) is 2.31. The predicted octanol–water partition coefficient (Wildman–Crippen LogP) is 2.09. The second-order valence-electron chi connectivity index (χ2n) is 3.21. The Hall–Kier alpha value is -1.22. The highest BCUT2D eigenvalue weighted by molar-refractivity contribution is 5.12. The van der Waals surface area contributed by atoms with E-state index in [-0.39, 0.29) is 0 Å². The minimum absolute atomic E-state index is 0.322. The van der Waals surface area contributed by atoms with E-state index in [0.717, 1.165) is 19.4 Å². The predicted molar refractivity (Wildman–Crippen MR) is 57.9 cm³/mol. The number of nitrogens with zero attached hydrogens (tertiary/aromatic N) is 2. The molecule has 0 saturated carbocycles. The number of hydrogen-bond donors (Lipinski definition) is 1. The molecule has 0 aliphatic rings. The van der Waals surface area contributed by atoms with Crippen LogP contribution >= 0.6 is 0 Å². The summed E-state index contributed by atoms with van der Waals surface area (Å²) in [4.78, 5) is 0. The van der Waals surface area contributed by atoms with Crippen LogP contribution in [-0.2, 0) is 0 Å². The maximum absolute atomic E-state index is 3.87. The summed E-state index contributed by atoms with van der Waals surface area (Å²) in [6.07, 6.45) is 7.50. The Kier molecular flexibility index (Phi) is 4.86. The van der Waals surface area contributed by atoms with Gasteiger partial charge >= 0.3 is 0 Å². The third-order valence-corrected chi connectivity index (χ3v) is 2.05. The van der Waals surface area contributed by atoms with E-state index < -0.39 is 0 Å². The molecule has 0 saturated heterocycles. The van der Waals surface area contributed by atoms with Gasteiger partial charge in [-0.15, -0.1) is 6.58 Å². The monoisotopic (exact) mass is 191 g/mol. The number of hydrogen-bond acceptors (Lipinski definition) is 3. The lowest BCUT2D eigenvalue weighted by Gasteiger charge is -2.16. The molecule has 1 aromatic heterocycles. The molecule has 1 unspecified atom stereocenters. The van der Waals surface area contributed by atoms with E-state index in [1.807, 2.05) is 12.1 Å². The van der Waals surface area contributed by atoms with E-state index in [1.165, 1.54) is 5.56 Å². The van der Waals surface area contributed by atoms with Gasteiger partial charge < -0.3 is 5.32 Å². The van der Waals surface area contributed by atoms with E-state index in [4.69, 9.17) is 0 Å². The molecule has 3 nitrogen and oxygen atoms in total. The first-order valence-corrected chi connectivity index (χ1v) is 4.99. The van der Waals surface area contributed by atoms with Crippen molar-refractivity contribution >= 4 is 0 Å². The molecule has 1 N–H and O–H groups in total. The zero-order valence-corrected chi connectivity index (χ0v) is 8.61. The molecule has 1 atom stereocenters. The summed E-state index contributed by atoms with van der Waals surface area (Å²) in [5.41, 5.74) is 1.17. The fraction of sp³-hybridized carbons (Fsp3) is 0.455. The van der Waals surface area contributed by atoms with E-state index in [9.17, 15) is 0 Å². The van der Waals surface area contributed by atoms with Crippen LogP contribution in [0.2, 0.25) is 0 Å². The Balaban J connectivity index is 2.62. The zero-order chi connectivity index (χ0) is 10.2. The summed E-state index contributed by atoms with van der Waals surface area (Å²) >= 11 is 0. The van der Waals surface area contributed by atoms with Crippen LogP contribution in [0.3, 0.4) is 0 Å². The fourth-order valence-corrected chi connectivity index (χ4v) is 1.33. The van der Waals surface area contributed by atoms with Gasteiger partial charge in [0.15, 0.2) is 0 Å². The van der Waals surface area contributed by atoms with Crippen LogP contribution < -0.4 is 5.32 Å². The SMILES string of the molecule is C=CCC(NCCC)c1ccnnc1. The van der Waals surface area contributed by atoms with Crippen molar-refractivity contribution in [3.05, 3.63) is 36.7 Å². The quantitative estimate of drug-likeness (QED) is 0.700. The van der Waals surface area contributed by atoms with Gasteiger partial charge in [-0.3, -0.25) is 0 Å². The van der Waals surface area contributed by atoms with E-state index in [2.05, 4.69) is 29.0 Å². The molecule has 76 valence electrons. The van der Waals surface area contributed by atoms with E-state index >= 15 is 0 Å². The van der Waals surface area contributed by atoms with Crippen LogP contribution in [0.5, 0.6) is 0 Å². The van der Waals surface area contributed by atoms with E-state index in [0.29, 0.717) is 6.04 Å². The number of rotatable bonds is 6. The van der Waals surface area contributed by atoms with Crippen LogP contribution in [0, 0.1) is 0 Å². The van der Waals surface area contributed by atoms with Gasteiger partial charge in [0.1, 0.15) is 0 Å². The molecule has 0 radical (unpaired) electrons. The van der Waals surface area contributed by atoms with Crippen molar-refractivity contribution in [1.82, 2.24) is 15.5 Å². The molecular weight excluding hydrogens is 174 g/mol. The van der Waals surface area contributed by atoms with Gasteiger partial charge in [-0.2, -0.15) is 10.2 Å². The van der Waals surface area contributed by atoms with Crippen LogP contribution in [0.15, 0.2) is 31.1 Å². The lowest BCUT2D eigenvalue weighted by Crippen LogP contribution is -2.21. The maximum atomic E-state index is 3.87. The molecule has 0 aromatic carbocycles. The molecule has 0 fully saturated rings. The Morgan fingerprint density at radius 2 is 2.43 bits per heavy atom. The number of nitrogens with one attached hydrogen (secondary N) is 1. The Labute approximate surface area is 85.3 Å². The smallest absolute Gasteiger partial charge is 0.0544 e. The molecular formula is C11H17N3. The largest absolute Gasteiger partial charge is 0.310 e. The topological polar surface area (TPSA) is 37.8 Å². The average Bonchev–Trinajstić information content (AvgIpc) is 2.25. The zero-order valence-electron chi connectivity index (χ0n) is 8.61. The van der Waals surface area contributed by atoms with Gasteiger partial charge in [-0.1, -0.05) is 13.0 Å². The summed E-state index contributed by atoms with van der Waals surface area (Å²) in [5, 5.41) is 11.1. The molecule has 0 aliphatic heterocycles. The molecule has 0 spiro atoms. The normalized spacial score (nSPS) is 12.4. The van der Waals surface area contributed by atoms with Gasteiger partial charge in [0.25, 0.3) is 0 Å². The van der Waals surface area contributed by atoms with Crippen LogP contribution in [0.4, 0.5) is 0 Å². The first kappa shape index (κ1) is 10.9. The van der Waals surface area contributed by atoms with Crippen LogP contribution in [0.25, 0.3) is 0 Å². The third-order valence-electron chi connectivity index (χ3n) is 2.05. The first-order valence-electron chi connectivity index (χ1n) is 4.99. The molecule has 1 heterocycles. The fourth-order valence-electron chi connectivity index (χ4n) is 1.33. The van der Waals surface area contributed by atoms with E-state index in [1.54, 1.807) is 12.4 Å². The summed E-state index contributed by atoms with van der Waals surface area (Å²) < 4.78 is 0. The van der Waals surface area contributed by atoms with Crippen molar-refractivity contribution in [3.63, 3.8) is 0 Å². The van der Waals surface area contributed by atoms with Gasteiger partial charge in [0.2, 0.25) is 0 Å². The van der Waals surface area contributed by atoms with Gasteiger partial charge in [-0.25, -0.2) is 0 Å². The Bertz CT molecular complexity index is 258. The Morgan fingerprint density at radius 3 is 3.00 bits per heavy atom. The van der Waals surface area contributed by atoms with Crippen molar-refractivity contribution in [2.45, 2.75) is 25.8 Å². The highest BCUT2D eigenvalue weighted by Crippen LogP contribution is 2.14. The average molecular weight is 191 g/mol. The second kappa shape index (κ2) is 6.27. The van der Waals surface area contributed by atoms with Crippen LogP contribution in [-0.4, -0.2) is 16.7 Å². The first-order chi connectivity index (χ1) is 6.88. The summed E-state index contributed by atoms with van der Waals surface area (Å²) in [6.45, 7) is 6.93. The molecule has 0 bridgehead atoms. The lowest BCUT2D eigenvalue weighted by molar-refractivity contribution is 0.534. The van der Waals surface area contributed by atoms with Gasteiger partial charge in [0, 0.05) is 12.2 Å². The van der Waals surface area contributed by atoms with Gasteiger partial charge in [0.05, 0.1) is 6.20 Å². The molecule has 0 aliphatic carbocycles. The van der Waals surface area contributed by atoms with Crippen molar-refractivity contribution < 1.29 is 0 Å². The van der Waals surface area contributed by atoms with Gasteiger partial charge in [-0.05, 0) is 31.0 Å². The molecule has 14 heavy (non-hydrogen) atoms. The minimum Gasteiger partial charge on any atom is -0.310 e. The summed E-state index contributed by atoms with van der Waals surface area (Å²) in [5.74, 6) is 0. The summed E-state index contributed by atoms with van der Waals surface area (Å²) in [7, 11) is 0. The molecule has 1 rings (SSSR count). The maximum Gasteiger partial charge on any atom is 0.0544 e. The van der Waals surface area contributed by atoms with Crippen molar-refractivity contribution in [2.75, 3.05) is 6.54 Å². The highest BCUT2D eigenvalue weighted by atomic mass is 15.1. The lowest BCUT2D eigenvalue weighted by atomic mass is 10.1. The van der Waals surface area contributed by atoms with Crippen molar-refractivity contribution in [1.29, 1.82) is 0 Å². The highest BCUT2D eigenvalue weighted by Gasteiger charge is 2.07.